The maximum absolute atomic E-state index is 9.60. The zero-order chi connectivity index (χ0) is 45.6. The summed E-state index contributed by atoms with van der Waals surface area (Å²) in [6.45, 7) is 0. The Morgan fingerprint density at radius 3 is 1.76 bits per heavy atom. The first-order valence-corrected chi connectivity index (χ1v) is 16.0. The number of nitrogens with zero attached hydrogens (tertiary/aromatic N) is 3. The van der Waals surface area contributed by atoms with Crippen molar-refractivity contribution in [2.75, 3.05) is 0 Å². The van der Waals surface area contributed by atoms with Gasteiger partial charge in [-0.3, -0.25) is 0 Å². The number of aromatic nitrogens is 3. The molecule has 7 aromatic carbocycles. The second kappa shape index (κ2) is 12.4. The minimum absolute atomic E-state index is 0.0184. The fraction of sp³-hybridized carbons (Fsp3) is 0. The van der Waals surface area contributed by atoms with Crippen molar-refractivity contribution in [3.05, 3.63) is 176 Å². The van der Waals surface area contributed by atoms with Crippen molar-refractivity contribution >= 4 is 31.5 Å². The predicted molar refractivity (Wildman–Crippen MR) is 205 cm³/mol. The summed E-state index contributed by atoms with van der Waals surface area (Å²) in [6.07, 6.45) is 0. The number of fused-ring (bicyclic) bond motifs is 3. The molecule has 4 heteroatoms. The molecule has 0 fully saturated rings. The van der Waals surface area contributed by atoms with E-state index < -0.39 is 101 Å². The van der Waals surface area contributed by atoms with E-state index in [4.69, 9.17) is 31.4 Å². The molecular weight excluding hydrogens is 615 g/mol. The van der Waals surface area contributed by atoms with Gasteiger partial charge in [-0.05, 0) is 51.5 Å². The molecule has 3 nitrogen and oxygen atoms in total. The van der Waals surface area contributed by atoms with Crippen LogP contribution in [0.2, 0.25) is 0 Å². The van der Waals surface area contributed by atoms with Crippen LogP contribution in [-0.4, -0.2) is 15.0 Å². The van der Waals surface area contributed by atoms with Crippen molar-refractivity contribution in [3.63, 3.8) is 0 Å². The number of hydrogen-bond acceptors (Lipinski definition) is 4. The molecule has 2 heterocycles. The molecule has 0 aliphatic rings. The highest BCUT2D eigenvalue weighted by atomic mass is 32.1. The van der Waals surface area contributed by atoms with Crippen LogP contribution >= 0.6 is 11.3 Å². The van der Waals surface area contributed by atoms with E-state index in [1.54, 1.807) is 12.1 Å². The second-order valence-electron chi connectivity index (χ2n) is 10.9. The van der Waals surface area contributed by atoms with Crippen molar-refractivity contribution in [1.29, 1.82) is 0 Å². The Labute approximate surface area is 310 Å². The van der Waals surface area contributed by atoms with E-state index in [1.165, 1.54) is 0 Å². The van der Waals surface area contributed by atoms with Crippen molar-refractivity contribution in [3.8, 4) is 67.5 Å². The summed E-state index contributed by atoms with van der Waals surface area (Å²) in [5, 5.41) is -0.213. The highest BCUT2D eigenvalue weighted by Crippen LogP contribution is 2.41. The Bertz CT molecular complexity index is 3390. The lowest BCUT2D eigenvalue weighted by Gasteiger charge is -2.10. The highest BCUT2D eigenvalue weighted by molar-refractivity contribution is 7.26. The van der Waals surface area contributed by atoms with Crippen LogP contribution in [-0.2, 0) is 0 Å². The summed E-state index contributed by atoms with van der Waals surface area (Å²) in [5.74, 6) is 0.372. The predicted octanol–water partition coefficient (Wildman–Crippen LogP) is 12.2. The van der Waals surface area contributed by atoms with Gasteiger partial charge in [0.1, 0.15) is 0 Å². The summed E-state index contributed by atoms with van der Waals surface area (Å²) in [4.78, 5) is 14.3. The second-order valence-corrected chi connectivity index (χ2v) is 11.9. The van der Waals surface area contributed by atoms with E-state index >= 15 is 0 Å². The third-order valence-electron chi connectivity index (χ3n) is 7.82. The van der Waals surface area contributed by atoms with Crippen LogP contribution in [0.5, 0.6) is 0 Å². The Hall–Kier alpha value is -6.23. The number of thiophene rings is 1. The van der Waals surface area contributed by atoms with Crippen molar-refractivity contribution in [2.45, 2.75) is 0 Å². The van der Waals surface area contributed by atoms with Gasteiger partial charge in [0.05, 0.1) is 20.6 Å². The van der Waals surface area contributed by atoms with Crippen molar-refractivity contribution < 1.29 is 20.6 Å². The van der Waals surface area contributed by atoms with Crippen LogP contribution in [0.3, 0.4) is 0 Å². The molecule has 0 N–H and O–H groups in total. The van der Waals surface area contributed by atoms with E-state index in [9.17, 15) is 4.11 Å². The molecular formula is C45H29N3S. The van der Waals surface area contributed by atoms with Gasteiger partial charge >= 0.3 is 0 Å². The van der Waals surface area contributed by atoms with Gasteiger partial charge in [-0.1, -0.05) is 157 Å². The minimum atomic E-state index is -0.798. The molecule has 0 unspecified atom stereocenters. The normalized spacial score (nSPS) is 15.6. The average molecular weight is 659 g/mol. The Morgan fingerprint density at radius 1 is 0.408 bits per heavy atom. The van der Waals surface area contributed by atoms with E-state index in [1.807, 2.05) is 72.8 Å². The summed E-state index contributed by atoms with van der Waals surface area (Å²) < 4.78 is 133. The monoisotopic (exact) mass is 658 g/mol. The Kier molecular flexibility index (Phi) is 4.37. The van der Waals surface area contributed by atoms with Gasteiger partial charge < -0.3 is 0 Å². The molecule has 49 heavy (non-hydrogen) atoms. The Balaban J connectivity index is 1.32. The molecule has 0 aliphatic heterocycles. The molecule has 0 aliphatic carbocycles. The van der Waals surface area contributed by atoms with Gasteiger partial charge in [0.25, 0.3) is 0 Å². The van der Waals surface area contributed by atoms with Gasteiger partial charge in [-0.25, -0.2) is 15.0 Å². The van der Waals surface area contributed by atoms with Crippen LogP contribution in [0.1, 0.15) is 20.6 Å². The number of benzene rings is 7. The highest BCUT2D eigenvalue weighted by Gasteiger charge is 2.16. The van der Waals surface area contributed by atoms with E-state index in [0.29, 0.717) is 11.1 Å². The molecule has 0 atom stereocenters. The third-order valence-corrected chi connectivity index (χ3v) is 8.84. The lowest BCUT2D eigenvalue weighted by Crippen LogP contribution is -2.00. The molecule has 9 rings (SSSR count). The van der Waals surface area contributed by atoms with Crippen molar-refractivity contribution in [2.24, 2.45) is 0 Å². The summed E-state index contributed by atoms with van der Waals surface area (Å²) in [7, 11) is 0. The van der Waals surface area contributed by atoms with E-state index in [0.717, 1.165) is 22.5 Å². The zero-order valence-electron chi connectivity index (χ0n) is 40.3. The SMILES string of the molecule is [2H]c1c([2H])c([2H])c(-c2c([2H])c([2H])c(-c3c([2H])c([2H])c([2H])c4sc5c([2H])c(-c6nc(-c7ccccc7)nc(-c7cccc(-c8ccccc8)c7)n6)c([2H])c([2H])c5c34)c([2H])c2[2H])c([2H])c1[2H]. The molecule has 2 aromatic heterocycles. The number of rotatable bonds is 6. The molecule has 0 bridgehead atoms. The molecule has 0 spiro atoms. The van der Waals surface area contributed by atoms with Gasteiger partial charge in [-0.15, -0.1) is 11.3 Å². The molecule has 9 aromatic rings. The third kappa shape index (κ3) is 5.58. The van der Waals surface area contributed by atoms with E-state index in [2.05, 4.69) is 0 Å². The first-order chi connectivity index (χ1) is 30.5. The molecule has 0 saturated heterocycles. The summed E-state index contributed by atoms with van der Waals surface area (Å²) in [6, 6.07) is 16.4. The molecule has 230 valence electrons. The largest absolute Gasteiger partial charge is 0.208 e. The van der Waals surface area contributed by atoms with Gasteiger partial charge in [0.2, 0.25) is 0 Å². The summed E-state index contributed by atoms with van der Waals surface area (Å²) in [5.41, 5.74) is 0.919. The minimum Gasteiger partial charge on any atom is -0.208 e. The fourth-order valence-corrected chi connectivity index (χ4v) is 6.51. The molecule has 0 saturated carbocycles. The smallest absolute Gasteiger partial charge is 0.164 e. The standard InChI is InChI=1S/C45H29N3S/c1-4-12-30(13-5-1)32-22-24-33(25-23-32)38-20-11-21-40-42(38)39-27-26-37(29-41(39)49-40)45-47-43(34-16-8-3-9-17-34)46-44(48-45)36-19-10-18-35(28-36)31-14-6-2-7-15-31/h1-29H/i1D,4D,5D,11D,12D,13D,20D,21D,22D,23D,24D,25D,26D,27D,29D. The molecule has 0 radical (unpaired) electrons. The summed E-state index contributed by atoms with van der Waals surface area (Å²) >= 11 is 0.830. The lowest BCUT2D eigenvalue weighted by atomic mass is 9.97. The van der Waals surface area contributed by atoms with Gasteiger partial charge in [0.15, 0.2) is 17.5 Å². The van der Waals surface area contributed by atoms with Crippen LogP contribution in [0.4, 0.5) is 0 Å². The average Bonchev–Trinajstić information content (AvgIpc) is 3.72. The molecule has 0 amide bonds. The number of hydrogen-bond donors (Lipinski definition) is 0. The first-order valence-electron chi connectivity index (χ1n) is 22.6. The van der Waals surface area contributed by atoms with Crippen LogP contribution in [0, 0.1) is 0 Å². The van der Waals surface area contributed by atoms with E-state index in [-0.39, 0.29) is 54.8 Å². The van der Waals surface area contributed by atoms with Crippen molar-refractivity contribution in [1.82, 2.24) is 15.0 Å². The van der Waals surface area contributed by atoms with Gasteiger partial charge in [-0.2, -0.15) is 0 Å². The van der Waals surface area contributed by atoms with Gasteiger partial charge in [0, 0.05) is 36.9 Å². The maximum Gasteiger partial charge on any atom is 0.164 e. The quantitative estimate of drug-likeness (QED) is 0.178. The van der Waals surface area contributed by atoms with Crippen LogP contribution in [0.15, 0.2) is 176 Å². The lowest BCUT2D eigenvalue weighted by molar-refractivity contribution is 1.07. The van der Waals surface area contributed by atoms with Crippen LogP contribution in [0.25, 0.3) is 87.7 Å². The topological polar surface area (TPSA) is 38.7 Å². The Morgan fingerprint density at radius 2 is 1.00 bits per heavy atom. The fourth-order valence-electron chi connectivity index (χ4n) is 5.49. The van der Waals surface area contributed by atoms with Crippen LogP contribution < -0.4 is 0 Å². The zero-order valence-corrected chi connectivity index (χ0v) is 26.1. The first kappa shape index (κ1) is 17.3. The maximum atomic E-state index is 9.60.